The molecule has 0 N–H and O–H groups in total. The first-order valence-electron chi connectivity index (χ1n) is 2.83. The van der Waals surface area contributed by atoms with E-state index < -0.39 is 5.69 Å². The molecule has 0 aliphatic rings. The van der Waals surface area contributed by atoms with Gasteiger partial charge in [-0.05, 0) is 6.92 Å². The van der Waals surface area contributed by atoms with E-state index in [4.69, 9.17) is 4.52 Å². The summed E-state index contributed by atoms with van der Waals surface area (Å²) in [6, 6.07) is 0. The maximum absolute atomic E-state index is 11.1. The predicted molar refractivity (Wildman–Crippen MR) is 48.6 cm³/mol. The van der Waals surface area contributed by atoms with Crippen LogP contribution in [0.1, 0.15) is 6.92 Å². The fourth-order valence-electron chi connectivity index (χ4n) is 0.339. The van der Waals surface area contributed by atoms with E-state index in [2.05, 4.69) is 18.4 Å². The van der Waals surface area contributed by atoms with Crippen LogP contribution in [0.3, 0.4) is 0 Å². The van der Waals surface area contributed by atoms with Crippen molar-refractivity contribution in [2.75, 3.05) is 12.4 Å². The van der Waals surface area contributed by atoms with Gasteiger partial charge in [-0.3, -0.25) is 0 Å². The van der Waals surface area contributed by atoms with E-state index in [0.717, 1.165) is 11.4 Å². The smallest absolute Gasteiger partial charge is 0.793 e. The van der Waals surface area contributed by atoms with Crippen LogP contribution in [0.5, 0.6) is 0 Å². The van der Waals surface area contributed by atoms with Crippen molar-refractivity contribution in [1.82, 2.24) is 0 Å². The quantitative estimate of drug-likeness (QED) is 0.322. The van der Waals surface area contributed by atoms with Crippen LogP contribution in [0.2, 0.25) is 0 Å². The second-order valence-electron chi connectivity index (χ2n) is 1.45. The van der Waals surface area contributed by atoms with Crippen LogP contribution in [-0.4, -0.2) is 12.4 Å². The first kappa shape index (κ1) is 15.1. The summed E-state index contributed by atoms with van der Waals surface area (Å²) in [4.78, 5) is 11.1. The van der Waals surface area contributed by atoms with Gasteiger partial charge in [-0.2, -0.15) is 0 Å². The molecule has 0 heterocycles. The summed E-state index contributed by atoms with van der Waals surface area (Å²) in [6.07, 6.45) is 1.66. The molecule has 0 bridgehead atoms. The van der Waals surface area contributed by atoms with Crippen molar-refractivity contribution in [2.24, 2.45) is 0 Å². The standard InChI is InChI=1S/C5H11O2PS2.Na/c1-3-5-10-8(6,9)7-4-2;/h3H,1,4-5H2,2H3,(H,6,9);/q;+1/p-1. The summed E-state index contributed by atoms with van der Waals surface area (Å²) < 4.78 is 4.82. The Morgan fingerprint density at radius 2 is 2.36 bits per heavy atom. The second kappa shape index (κ2) is 8.27. The Morgan fingerprint density at radius 1 is 1.82 bits per heavy atom. The molecule has 1 atom stereocenters. The van der Waals surface area contributed by atoms with Gasteiger partial charge in [0.1, 0.15) is 0 Å². The van der Waals surface area contributed by atoms with Crippen molar-refractivity contribution in [1.29, 1.82) is 0 Å². The molecule has 0 amide bonds. The van der Waals surface area contributed by atoms with Gasteiger partial charge in [-0.15, -0.1) is 18.0 Å². The fourth-order valence-corrected chi connectivity index (χ4v) is 3.29. The van der Waals surface area contributed by atoms with Crippen LogP contribution in [0.25, 0.3) is 0 Å². The molecule has 1 unspecified atom stereocenters. The average Bonchev–Trinajstić information content (AvgIpc) is 1.84. The summed E-state index contributed by atoms with van der Waals surface area (Å²) in [5.74, 6) is 0.584. The predicted octanol–water partition coefficient (Wildman–Crippen LogP) is -1.47. The molecule has 6 heteroatoms. The summed E-state index contributed by atoms with van der Waals surface area (Å²) in [5, 5.41) is 0. The topological polar surface area (TPSA) is 32.3 Å². The summed E-state index contributed by atoms with van der Waals surface area (Å²) in [7, 11) is 0. The number of hydrogen-bond donors (Lipinski definition) is 0. The summed E-state index contributed by atoms with van der Waals surface area (Å²) in [5.41, 5.74) is -2.78. The zero-order valence-electron chi connectivity index (χ0n) is 6.78. The van der Waals surface area contributed by atoms with Crippen molar-refractivity contribution in [3.8, 4) is 0 Å². The molecule has 0 fully saturated rings. The van der Waals surface area contributed by atoms with E-state index in [-0.39, 0.29) is 29.6 Å². The van der Waals surface area contributed by atoms with Gasteiger partial charge in [0.05, 0.1) is 0 Å². The summed E-state index contributed by atoms with van der Waals surface area (Å²) >= 11 is 5.79. The second-order valence-corrected chi connectivity index (χ2v) is 7.55. The molecule has 0 aromatic rings. The Kier molecular flexibility index (Phi) is 11.4. The maximum Gasteiger partial charge on any atom is 1.00 e. The third kappa shape index (κ3) is 9.57. The Hall–Kier alpha value is 1.66. The van der Waals surface area contributed by atoms with Gasteiger partial charge in [0, 0.05) is 18.1 Å². The Balaban J connectivity index is 0. The van der Waals surface area contributed by atoms with Gasteiger partial charge in [0.2, 0.25) is 0 Å². The molecule has 2 nitrogen and oxygen atoms in total. The molecule has 0 saturated heterocycles. The first-order chi connectivity index (χ1) is 4.62. The van der Waals surface area contributed by atoms with Crippen molar-refractivity contribution >= 4 is 28.9 Å². The maximum atomic E-state index is 11.1. The van der Waals surface area contributed by atoms with Crippen LogP contribution < -0.4 is 34.5 Å². The van der Waals surface area contributed by atoms with E-state index >= 15 is 0 Å². The van der Waals surface area contributed by atoms with Crippen LogP contribution in [0.4, 0.5) is 0 Å². The minimum absolute atomic E-state index is 0. The van der Waals surface area contributed by atoms with Crippen LogP contribution >= 0.6 is 17.1 Å². The Bertz CT molecular complexity index is 153. The van der Waals surface area contributed by atoms with E-state index in [9.17, 15) is 4.89 Å². The molecule has 11 heavy (non-hydrogen) atoms. The molecule has 60 valence electrons. The molecule has 0 spiro atoms. The minimum Gasteiger partial charge on any atom is -0.793 e. The first-order valence-corrected chi connectivity index (χ1v) is 7.06. The molecule has 0 aliphatic carbocycles. The monoisotopic (exact) mass is 220 g/mol. The normalized spacial score (nSPS) is 14.7. The van der Waals surface area contributed by atoms with Crippen LogP contribution in [0.15, 0.2) is 12.7 Å². The van der Waals surface area contributed by atoms with Crippen LogP contribution in [0, 0.1) is 0 Å². The van der Waals surface area contributed by atoms with Gasteiger partial charge in [0.25, 0.3) is 0 Å². The van der Waals surface area contributed by atoms with E-state index in [1.54, 1.807) is 13.0 Å². The van der Waals surface area contributed by atoms with Gasteiger partial charge < -0.3 is 9.42 Å². The molecule has 0 saturated carbocycles. The van der Waals surface area contributed by atoms with Crippen molar-refractivity contribution in [3.05, 3.63) is 12.7 Å². The molecular weight excluding hydrogens is 210 g/mol. The van der Waals surface area contributed by atoms with Gasteiger partial charge in [-0.1, -0.05) is 17.9 Å². The molecular formula is C5H10NaO2PS2. The molecule has 0 aromatic heterocycles. The zero-order chi connectivity index (χ0) is 8.04. The summed E-state index contributed by atoms with van der Waals surface area (Å²) in [6.45, 7) is 5.66. The third-order valence-corrected chi connectivity index (χ3v) is 4.89. The van der Waals surface area contributed by atoms with Crippen molar-refractivity contribution in [3.63, 3.8) is 0 Å². The van der Waals surface area contributed by atoms with Gasteiger partial charge in [0.15, 0.2) is 0 Å². The molecule has 0 radical (unpaired) electrons. The minimum atomic E-state index is -2.78. The Labute approximate surface area is 99.0 Å². The SMILES string of the molecule is C=CCSP([O-])(=S)OCC.[Na+]. The van der Waals surface area contributed by atoms with Crippen LogP contribution in [-0.2, 0) is 16.3 Å². The zero-order valence-corrected chi connectivity index (χ0v) is 11.3. The van der Waals surface area contributed by atoms with Crippen molar-refractivity contribution < 1.29 is 39.0 Å². The fraction of sp³-hybridized carbons (Fsp3) is 0.600. The molecule has 0 aliphatic heterocycles. The third-order valence-electron chi connectivity index (χ3n) is 0.638. The number of rotatable bonds is 5. The van der Waals surface area contributed by atoms with Crippen molar-refractivity contribution in [2.45, 2.75) is 6.92 Å². The molecule has 0 rings (SSSR count). The van der Waals surface area contributed by atoms with E-state index in [0.29, 0.717) is 12.4 Å². The number of hydrogen-bond acceptors (Lipinski definition) is 4. The van der Waals surface area contributed by atoms with Gasteiger partial charge in [-0.25, -0.2) is 0 Å². The Morgan fingerprint density at radius 3 is 2.73 bits per heavy atom. The van der Waals surface area contributed by atoms with Gasteiger partial charge >= 0.3 is 29.6 Å². The van der Waals surface area contributed by atoms with E-state index in [1.165, 1.54) is 0 Å². The largest absolute Gasteiger partial charge is 1.00 e. The average molecular weight is 220 g/mol. The molecule has 0 aromatic carbocycles. The van der Waals surface area contributed by atoms with E-state index in [1.807, 2.05) is 0 Å².